The molecule has 0 aromatic heterocycles. The Kier molecular flexibility index (Phi) is 5.59. The highest BCUT2D eigenvalue weighted by Gasteiger charge is 2.12. The van der Waals surface area contributed by atoms with Crippen molar-refractivity contribution in [3.05, 3.63) is 23.8 Å². The van der Waals surface area contributed by atoms with Crippen molar-refractivity contribution in [1.29, 1.82) is 0 Å². The van der Waals surface area contributed by atoms with Crippen LogP contribution >= 0.6 is 11.8 Å². The maximum absolute atomic E-state index is 10.5. The van der Waals surface area contributed by atoms with Crippen LogP contribution in [0.3, 0.4) is 0 Å². The van der Waals surface area contributed by atoms with Crippen molar-refractivity contribution in [3.8, 4) is 0 Å². The summed E-state index contributed by atoms with van der Waals surface area (Å²) in [5.41, 5.74) is 6.60. The molecule has 5 heteroatoms. The smallest absolute Gasteiger partial charge is 0.321 e. The van der Waals surface area contributed by atoms with E-state index in [0.717, 1.165) is 12.2 Å². The van der Waals surface area contributed by atoms with Gasteiger partial charge in [0.15, 0.2) is 0 Å². The second-order valence-corrected chi connectivity index (χ2v) is 4.64. The van der Waals surface area contributed by atoms with Crippen LogP contribution in [0.25, 0.3) is 0 Å². The van der Waals surface area contributed by atoms with E-state index in [1.54, 1.807) is 7.11 Å². The molecule has 0 spiro atoms. The van der Waals surface area contributed by atoms with Gasteiger partial charge in [-0.15, -0.1) is 0 Å². The molecular formula is C11H17NO3S. The fourth-order valence-electron chi connectivity index (χ4n) is 1.30. The molecule has 0 saturated carbocycles. The van der Waals surface area contributed by atoms with Gasteiger partial charge in [0.1, 0.15) is 6.04 Å². The zero-order valence-electron chi connectivity index (χ0n) is 9.26. The quantitative estimate of drug-likeness (QED) is 0.729. The van der Waals surface area contributed by atoms with Crippen molar-refractivity contribution in [3.63, 3.8) is 0 Å². The molecule has 1 aliphatic rings. The summed E-state index contributed by atoms with van der Waals surface area (Å²) in [6.45, 7) is 0. The molecule has 2 atom stereocenters. The number of methoxy groups -OCH3 is 1. The summed E-state index contributed by atoms with van der Waals surface area (Å²) in [5.74, 6) is 0.294. The lowest BCUT2D eigenvalue weighted by molar-refractivity contribution is -0.137. The second kappa shape index (κ2) is 6.73. The van der Waals surface area contributed by atoms with Crippen molar-refractivity contribution >= 4 is 17.7 Å². The van der Waals surface area contributed by atoms with Gasteiger partial charge < -0.3 is 15.6 Å². The molecular weight excluding hydrogens is 226 g/mol. The lowest BCUT2D eigenvalue weighted by atomic mass is 10.1. The van der Waals surface area contributed by atoms with Crippen LogP contribution in [0.15, 0.2) is 23.8 Å². The third-order valence-corrected chi connectivity index (χ3v) is 3.46. The number of carboxylic acid groups (broad SMARTS) is 1. The first kappa shape index (κ1) is 13.3. The Hall–Kier alpha value is -0.780. The monoisotopic (exact) mass is 243 g/mol. The molecule has 1 rings (SSSR count). The number of hydrogen-bond donors (Lipinski definition) is 2. The first-order valence-corrected chi connectivity index (χ1v) is 6.25. The molecule has 3 N–H and O–H groups in total. The number of carboxylic acids is 1. The van der Waals surface area contributed by atoms with Crippen LogP contribution in [0, 0.1) is 0 Å². The number of rotatable bonds is 6. The van der Waals surface area contributed by atoms with Gasteiger partial charge in [0.25, 0.3) is 0 Å². The van der Waals surface area contributed by atoms with Crippen LogP contribution in [0.2, 0.25) is 0 Å². The van der Waals surface area contributed by atoms with Crippen molar-refractivity contribution in [2.24, 2.45) is 5.73 Å². The topological polar surface area (TPSA) is 72.5 Å². The van der Waals surface area contributed by atoms with Crippen molar-refractivity contribution < 1.29 is 14.6 Å². The van der Waals surface area contributed by atoms with Gasteiger partial charge in [-0.1, -0.05) is 18.2 Å². The van der Waals surface area contributed by atoms with Crippen molar-refractivity contribution in [2.45, 2.75) is 18.6 Å². The predicted molar refractivity (Wildman–Crippen MR) is 65.6 cm³/mol. The molecule has 0 aromatic carbocycles. The molecule has 0 bridgehead atoms. The van der Waals surface area contributed by atoms with E-state index >= 15 is 0 Å². The SMILES string of the molecule is COC1C=CC(CSCC(N)C(=O)O)=CC1. The normalized spacial score (nSPS) is 21.6. The number of carbonyl (C=O) groups is 1. The van der Waals surface area contributed by atoms with E-state index in [9.17, 15) is 4.79 Å². The minimum absolute atomic E-state index is 0.176. The third-order valence-electron chi connectivity index (χ3n) is 2.32. The van der Waals surface area contributed by atoms with Gasteiger partial charge in [-0.3, -0.25) is 4.79 Å². The minimum atomic E-state index is -0.944. The first-order chi connectivity index (χ1) is 7.63. The minimum Gasteiger partial charge on any atom is -0.480 e. The number of aliphatic carboxylic acids is 1. The molecule has 90 valence electrons. The summed E-state index contributed by atoms with van der Waals surface area (Å²) in [4.78, 5) is 10.5. The van der Waals surface area contributed by atoms with Gasteiger partial charge in [-0.25, -0.2) is 0 Å². The molecule has 1 aliphatic carbocycles. The molecule has 0 aromatic rings. The van der Waals surface area contributed by atoms with E-state index in [1.807, 2.05) is 12.2 Å². The Morgan fingerprint density at radius 1 is 1.81 bits per heavy atom. The summed E-state index contributed by atoms with van der Waals surface area (Å²) in [7, 11) is 1.69. The highest BCUT2D eigenvalue weighted by molar-refractivity contribution is 7.99. The highest BCUT2D eigenvalue weighted by atomic mass is 32.2. The molecule has 0 saturated heterocycles. The van der Waals surface area contributed by atoms with Gasteiger partial charge in [-0.05, 0) is 12.0 Å². The third kappa shape index (κ3) is 4.38. The molecule has 0 radical (unpaired) electrons. The predicted octanol–water partition coefficient (Wildman–Crippen LogP) is 1.03. The van der Waals surface area contributed by atoms with Crippen LogP contribution in [-0.4, -0.2) is 41.8 Å². The number of thioether (sulfide) groups is 1. The van der Waals surface area contributed by atoms with E-state index in [-0.39, 0.29) is 6.10 Å². The Bertz CT molecular complexity index is 302. The molecule has 0 fully saturated rings. The van der Waals surface area contributed by atoms with Crippen LogP contribution < -0.4 is 5.73 Å². The van der Waals surface area contributed by atoms with Crippen LogP contribution in [0.5, 0.6) is 0 Å². The molecule has 0 aliphatic heterocycles. The Balaban J connectivity index is 2.22. The molecule has 0 amide bonds. The zero-order chi connectivity index (χ0) is 12.0. The first-order valence-electron chi connectivity index (χ1n) is 5.09. The number of allylic oxidation sites excluding steroid dienone is 1. The van der Waals surface area contributed by atoms with Gasteiger partial charge in [0, 0.05) is 18.6 Å². The van der Waals surface area contributed by atoms with Crippen LogP contribution in [0.1, 0.15) is 6.42 Å². The van der Waals surface area contributed by atoms with E-state index in [0.29, 0.717) is 5.75 Å². The van der Waals surface area contributed by atoms with Gasteiger partial charge in [0.2, 0.25) is 0 Å². The van der Waals surface area contributed by atoms with Crippen LogP contribution in [-0.2, 0) is 9.53 Å². The average Bonchev–Trinajstić information content (AvgIpc) is 2.29. The maximum atomic E-state index is 10.5. The molecule has 0 heterocycles. The van der Waals surface area contributed by atoms with E-state index in [4.69, 9.17) is 15.6 Å². The lowest BCUT2D eigenvalue weighted by Crippen LogP contribution is -2.32. The maximum Gasteiger partial charge on any atom is 0.321 e. The fourth-order valence-corrected chi connectivity index (χ4v) is 2.27. The second-order valence-electron chi connectivity index (χ2n) is 3.61. The summed E-state index contributed by atoms with van der Waals surface area (Å²) >= 11 is 1.54. The van der Waals surface area contributed by atoms with E-state index in [1.165, 1.54) is 17.3 Å². The van der Waals surface area contributed by atoms with Gasteiger partial charge >= 0.3 is 5.97 Å². The van der Waals surface area contributed by atoms with Gasteiger partial charge in [-0.2, -0.15) is 11.8 Å². The molecule has 4 nitrogen and oxygen atoms in total. The summed E-state index contributed by atoms with van der Waals surface area (Å²) in [6, 6.07) is -0.773. The highest BCUT2D eigenvalue weighted by Crippen LogP contribution is 2.17. The number of nitrogens with two attached hydrogens (primary N) is 1. The standard InChI is InChI=1S/C11H17NO3S/c1-15-9-4-2-8(3-5-9)6-16-7-10(12)11(13)14/h2-4,9-10H,5-7,12H2,1H3,(H,13,14). The van der Waals surface area contributed by atoms with Crippen molar-refractivity contribution in [2.75, 3.05) is 18.6 Å². The Labute approximate surface area is 99.5 Å². The van der Waals surface area contributed by atoms with Gasteiger partial charge in [0.05, 0.1) is 6.10 Å². The van der Waals surface area contributed by atoms with Crippen molar-refractivity contribution in [1.82, 2.24) is 0 Å². The van der Waals surface area contributed by atoms with Crippen LogP contribution in [0.4, 0.5) is 0 Å². The largest absolute Gasteiger partial charge is 0.480 e. The zero-order valence-corrected chi connectivity index (χ0v) is 10.1. The lowest BCUT2D eigenvalue weighted by Gasteiger charge is -2.14. The summed E-state index contributed by atoms with van der Waals surface area (Å²) in [5, 5.41) is 8.60. The molecule has 16 heavy (non-hydrogen) atoms. The fraction of sp³-hybridized carbons (Fsp3) is 0.545. The van der Waals surface area contributed by atoms with E-state index < -0.39 is 12.0 Å². The Morgan fingerprint density at radius 2 is 2.56 bits per heavy atom. The Morgan fingerprint density at radius 3 is 3.06 bits per heavy atom. The summed E-state index contributed by atoms with van der Waals surface area (Å²) < 4.78 is 5.18. The van der Waals surface area contributed by atoms with E-state index in [2.05, 4.69) is 6.08 Å². The average molecular weight is 243 g/mol. The molecule has 2 unspecified atom stereocenters. The number of ether oxygens (including phenoxy) is 1. The number of hydrogen-bond acceptors (Lipinski definition) is 4. The summed E-state index contributed by atoms with van der Waals surface area (Å²) in [6.07, 6.45) is 7.22.